The van der Waals surface area contributed by atoms with Gasteiger partial charge >= 0.3 is 17.8 Å². The molecule has 0 unspecified atom stereocenters. The van der Waals surface area contributed by atoms with Gasteiger partial charge in [-0.3, -0.25) is 4.79 Å². The zero-order chi connectivity index (χ0) is 20.2. The number of carbonyl (C=O) groups is 2. The van der Waals surface area contributed by atoms with Gasteiger partial charge in [-0.05, 0) is 30.7 Å². The molecule has 27 heavy (non-hydrogen) atoms. The predicted octanol–water partition coefficient (Wildman–Crippen LogP) is 2.80. The van der Waals surface area contributed by atoms with Crippen LogP contribution < -0.4 is 10.6 Å². The lowest BCUT2D eigenvalue weighted by molar-refractivity contribution is -0.203. The Morgan fingerprint density at radius 1 is 1.11 bits per heavy atom. The van der Waals surface area contributed by atoms with E-state index in [0.717, 1.165) is 19.2 Å². The number of alkyl halides is 3. The van der Waals surface area contributed by atoms with Gasteiger partial charge in [0.1, 0.15) is 11.6 Å². The number of hydrogen-bond donors (Lipinski definition) is 2. The van der Waals surface area contributed by atoms with Crippen LogP contribution in [0.25, 0.3) is 0 Å². The first-order valence-corrected chi connectivity index (χ1v) is 7.54. The monoisotopic (exact) mass is 385 g/mol. The molecule has 1 atom stereocenters. The summed E-state index contributed by atoms with van der Waals surface area (Å²) in [7, 11) is 0.727. The Bertz CT molecular complexity index is 857. The van der Waals surface area contributed by atoms with Gasteiger partial charge in [-0.15, -0.1) is 0 Å². The van der Waals surface area contributed by atoms with Crippen molar-refractivity contribution in [2.45, 2.75) is 18.8 Å². The fourth-order valence-electron chi connectivity index (χ4n) is 2.22. The van der Waals surface area contributed by atoms with E-state index >= 15 is 0 Å². The molecule has 0 aliphatic carbocycles. The normalized spacial score (nSPS) is 13.4. The quantitative estimate of drug-likeness (QED) is 0.470. The fourth-order valence-corrected chi connectivity index (χ4v) is 2.22. The molecule has 0 aliphatic heterocycles. The molecular formula is C17H15F4N3O3. The minimum atomic E-state index is -5.34. The third kappa shape index (κ3) is 3.99. The van der Waals surface area contributed by atoms with Gasteiger partial charge in [-0.25, -0.2) is 14.2 Å². The number of carbonyl (C=O) groups excluding carboxylic acids is 2. The van der Waals surface area contributed by atoms with E-state index in [0.29, 0.717) is 0 Å². The van der Waals surface area contributed by atoms with Crippen molar-refractivity contribution in [3.63, 3.8) is 0 Å². The summed E-state index contributed by atoms with van der Waals surface area (Å²) in [6, 6.07) is 7.34. The first-order chi connectivity index (χ1) is 12.6. The average molecular weight is 385 g/mol. The third-order valence-electron chi connectivity index (χ3n) is 3.65. The first-order valence-electron chi connectivity index (χ1n) is 7.54. The molecule has 0 fully saturated rings. The number of pyridine rings is 1. The predicted molar refractivity (Wildman–Crippen MR) is 87.3 cm³/mol. The molecule has 2 aromatic rings. The van der Waals surface area contributed by atoms with Gasteiger partial charge in [0.25, 0.3) is 5.91 Å². The number of rotatable bonds is 5. The number of halogens is 4. The summed E-state index contributed by atoms with van der Waals surface area (Å²) in [6.45, 7) is 1.45. The Labute approximate surface area is 151 Å². The van der Waals surface area contributed by atoms with Gasteiger partial charge in [-0.1, -0.05) is 18.2 Å². The van der Waals surface area contributed by atoms with Crippen molar-refractivity contribution in [1.29, 1.82) is 0 Å². The SMILES string of the molecule is COC(=O)[C@](NC(=O)c1ccccc1F)(Nc1ncccc1C)C(F)(F)F. The minimum absolute atomic E-state index is 0.273. The number of ether oxygens (including phenoxy) is 1. The van der Waals surface area contributed by atoms with Gasteiger partial charge in [0.15, 0.2) is 0 Å². The van der Waals surface area contributed by atoms with E-state index in [1.807, 2.05) is 5.32 Å². The van der Waals surface area contributed by atoms with Crippen LogP contribution in [0.3, 0.4) is 0 Å². The Morgan fingerprint density at radius 2 is 1.78 bits per heavy atom. The largest absolute Gasteiger partial charge is 0.466 e. The lowest BCUT2D eigenvalue weighted by Crippen LogP contribution is -2.69. The number of esters is 1. The van der Waals surface area contributed by atoms with Crippen LogP contribution in [0.15, 0.2) is 42.6 Å². The molecule has 10 heteroatoms. The summed E-state index contributed by atoms with van der Waals surface area (Å²) >= 11 is 0. The van der Waals surface area contributed by atoms with E-state index in [9.17, 15) is 27.2 Å². The van der Waals surface area contributed by atoms with Crippen molar-refractivity contribution < 1.29 is 31.9 Å². The van der Waals surface area contributed by atoms with E-state index in [4.69, 9.17) is 0 Å². The fraction of sp³-hybridized carbons (Fsp3) is 0.235. The molecule has 6 nitrogen and oxygen atoms in total. The van der Waals surface area contributed by atoms with Crippen LogP contribution in [-0.4, -0.2) is 35.8 Å². The topological polar surface area (TPSA) is 80.3 Å². The average Bonchev–Trinajstić information content (AvgIpc) is 2.61. The first kappa shape index (κ1) is 20.1. The number of aromatic nitrogens is 1. The summed E-state index contributed by atoms with van der Waals surface area (Å²) in [5.41, 5.74) is -4.08. The molecule has 1 heterocycles. The van der Waals surface area contributed by atoms with Crippen molar-refractivity contribution >= 4 is 17.7 Å². The summed E-state index contributed by atoms with van der Waals surface area (Å²) in [5, 5.41) is 3.43. The number of hydrogen-bond acceptors (Lipinski definition) is 5. The molecule has 2 N–H and O–H groups in total. The van der Waals surface area contributed by atoms with Crippen LogP contribution in [0, 0.1) is 12.7 Å². The lowest BCUT2D eigenvalue weighted by Gasteiger charge is -2.35. The molecule has 0 saturated carbocycles. The number of benzene rings is 1. The maximum atomic E-state index is 13.9. The molecule has 0 radical (unpaired) electrons. The van der Waals surface area contributed by atoms with Crippen molar-refractivity contribution in [2.75, 3.05) is 12.4 Å². The maximum absolute atomic E-state index is 13.9. The van der Waals surface area contributed by atoms with Gasteiger partial charge < -0.3 is 15.4 Å². The molecule has 1 aromatic carbocycles. The number of nitrogens with zero attached hydrogens (tertiary/aromatic N) is 1. The Hall–Kier alpha value is -3.17. The molecule has 0 saturated heterocycles. The van der Waals surface area contributed by atoms with Gasteiger partial charge in [-0.2, -0.15) is 13.2 Å². The molecular weight excluding hydrogens is 370 g/mol. The van der Waals surface area contributed by atoms with Crippen LogP contribution in [0.1, 0.15) is 15.9 Å². The zero-order valence-electron chi connectivity index (χ0n) is 14.2. The van der Waals surface area contributed by atoms with E-state index in [1.165, 1.54) is 42.7 Å². The third-order valence-corrected chi connectivity index (χ3v) is 3.65. The summed E-state index contributed by atoms with van der Waals surface area (Å²) in [4.78, 5) is 28.2. The number of amides is 1. The maximum Gasteiger partial charge on any atom is 0.441 e. The lowest BCUT2D eigenvalue weighted by atomic mass is 10.1. The highest BCUT2D eigenvalue weighted by atomic mass is 19.4. The molecule has 144 valence electrons. The van der Waals surface area contributed by atoms with E-state index in [-0.39, 0.29) is 11.4 Å². The second-order valence-electron chi connectivity index (χ2n) is 5.47. The van der Waals surface area contributed by atoms with E-state index < -0.39 is 35.1 Å². The number of anilines is 1. The molecule has 0 spiro atoms. The summed E-state index contributed by atoms with van der Waals surface area (Å²) in [6.07, 6.45) is -4.14. The van der Waals surface area contributed by atoms with E-state index in [2.05, 4.69) is 9.72 Å². The van der Waals surface area contributed by atoms with Gasteiger partial charge in [0.05, 0.1) is 12.7 Å². The number of aryl methyl sites for hydroxylation is 1. The number of methoxy groups -OCH3 is 1. The second-order valence-corrected chi connectivity index (χ2v) is 5.47. The zero-order valence-corrected chi connectivity index (χ0v) is 14.2. The van der Waals surface area contributed by atoms with Crippen LogP contribution in [0.4, 0.5) is 23.4 Å². The Morgan fingerprint density at radius 3 is 2.33 bits per heavy atom. The van der Waals surface area contributed by atoms with Crippen molar-refractivity contribution in [3.05, 3.63) is 59.5 Å². The Balaban J connectivity index is 2.55. The molecule has 0 bridgehead atoms. The highest BCUT2D eigenvalue weighted by Crippen LogP contribution is 2.33. The molecule has 1 amide bonds. The highest BCUT2D eigenvalue weighted by molar-refractivity contribution is 5.99. The number of nitrogens with one attached hydrogen (secondary N) is 2. The second kappa shape index (κ2) is 7.60. The van der Waals surface area contributed by atoms with Crippen LogP contribution in [0.2, 0.25) is 0 Å². The summed E-state index contributed by atoms with van der Waals surface area (Å²) < 4.78 is 59.8. The molecule has 1 aromatic heterocycles. The van der Waals surface area contributed by atoms with Crippen molar-refractivity contribution in [3.8, 4) is 0 Å². The molecule has 2 rings (SSSR count). The van der Waals surface area contributed by atoms with Crippen molar-refractivity contribution in [1.82, 2.24) is 10.3 Å². The smallest absolute Gasteiger partial charge is 0.441 e. The minimum Gasteiger partial charge on any atom is -0.466 e. The standard InChI is InChI=1S/C17H15F4N3O3/c1-10-6-5-9-22-13(10)23-16(15(26)27-2,17(19,20)21)24-14(25)11-7-3-4-8-12(11)18/h3-9H,1-2H3,(H,22,23)(H,24,25)/t16-/m1/s1. The van der Waals surface area contributed by atoms with E-state index in [1.54, 1.807) is 0 Å². The van der Waals surface area contributed by atoms with Crippen LogP contribution in [-0.2, 0) is 9.53 Å². The van der Waals surface area contributed by atoms with Crippen LogP contribution >= 0.6 is 0 Å². The Kier molecular flexibility index (Phi) is 5.67. The van der Waals surface area contributed by atoms with Gasteiger partial charge in [0.2, 0.25) is 0 Å². The van der Waals surface area contributed by atoms with Crippen molar-refractivity contribution in [2.24, 2.45) is 0 Å². The van der Waals surface area contributed by atoms with Crippen LogP contribution in [0.5, 0.6) is 0 Å². The van der Waals surface area contributed by atoms with Gasteiger partial charge in [0, 0.05) is 6.20 Å². The highest BCUT2D eigenvalue weighted by Gasteiger charge is 2.64. The molecule has 0 aliphatic rings. The summed E-state index contributed by atoms with van der Waals surface area (Å²) in [5.74, 6) is -4.67.